The summed E-state index contributed by atoms with van der Waals surface area (Å²) in [4.78, 5) is 0. The van der Waals surface area contributed by atoms with Crippen LogP contribution in [0, 0.1) is 12.0 Å². The van der Waals surface area contributed by atoms with Gasteiger partial charge in [-0.1, -0.05) is 156 Å². The third-order valence-electron chi connectivity index (χ3n) is 6.20. The summed E-state index contributed by atoms with van der Waals surface area (Å²) in [6.45, 7) is 11.5. The Hall–Kier alpha value is -0.440. The van der Waals surface area contributed by atoms with Crippen LogP contribution < -0.4 is 35.2 Å². The third-order valence-corrected chi connectivity index (χ3v) is 7.64. The van der Waals surface area contributed by atoms with Crippen LogP contribution in [-0.4, -0.2) is 16.1 Å². The fourth-order valence-electron chi connectivity index (χ4n) is 3.71. The molecule has 0 saturated carbocycles. The van der Waals surface area contributed by atoms with Gasteiger partial charge in [0.25, 0.3) is 0 Å². The Morgan fingerprint density at radius 3 is 1.44 bits per heavy atom. The van der Waals surface area contributed by atoms with Crippen molar-refractivity contribution in [2.45, 2.75) is 86.0 Å². The Morgan fingerprint density at radius 1 is 0.722 bits per heavy atom. The van der Waals surface area contributed by atoms with Gasteiger partial charge < -0.3 is 30.5 Å². The number of halogens is 2. The van der Waals surface area contributed by atoms with Crippen LogP contribution in [0.2, 0.25) is 0 Å². The van der Waals surface area contributed by atoms with E-state index in [1.54, 1.807) is 0 Å². The fraction of sp³-hybridized carbons (Fsp3) is 0.484. The molecule has 3 rings (SSSR count). The molecule has 1 aliphatic carbocycles. The van der Waals surface area contributed by atoms with Crippen molar-refractivity contribution in [1.29, 1.82) is 0 Å². The average molecular weight is 623 g/mol. The number of unbranched alkanes of at least 4 members (excludes halogenated alkanes) is 7. The maximum atomic E-state index is 6.95. The van der Waals surface area contributed by atoms with Crippen LogP contribution in [0.1, 0.15) is 86.0 Å². The van der Waals surface area contributed by atoms with E-state index in [4.69, 9.17) is 5.73 Å². The van der Waals surface area contributed by atoms with Gasteiger partial charge in [0.15, 0.2) is 0 Å². The zero-order valence-corrected chi connectivity index (χ0v) is 28.2. The Balaban J connectivity index is -0.000000443. The molecule has 0 heterocycles. The average Bonchev–Trinajstić information content (AvgIpc) is 3.06. The number of rotatable bonds is 10. The molecule has 0 bridgehead atoms. The smallest absolute Gasteiger partial charge is 1.00 e. The first-order valence-corrected chi connectivity index (χ1v) is 14.0. The zero-order valence-electron chi connectivity index (χ0n) is 23.0. The van der Waals surface area contributed by atoms with E-state index in [-0.39, 0.29) is 60.5 Å². The first-order valence-electron chi connectivity index (χ1n) is 12.9. The molecule has 36 heavy (non-hydrogen) atoms. The van der Waals surface area contributed by atoms with E-state index in [0.717, 1.165) is 6.42 Å². The van der Waals surface area contributed by atoms with Crippen LogP contribution in [0.15, 0.2) is 77.4 Å². The molecule has 0 spiro atoms. The Morgan fingerprint density at radius 2 is 1.14 bits per heavy atom. The van der Waals surface area contributed by atoms with E-state index in [2.05, 4.69) is 101 Å². The minimum atomic E-state index is 0. The summed E-state index contributed by atoms with van der Waals surface area (Å²) >= 11 is 0. The molecule has 1 N–H and O–H groups in total. The summed E-state index contributed by atoms with van der Waals surface area (Å²) in [5.74, 6) is 0.560. The van der Waals surface area contributed by atoms with Crippen molar-refractivity contribution in [3.63, 3.8) is 0 Å². The molecule has 1 radical (unpaired) electrons. The first-order chi connectivity index (χ1) is 16.0. The second-order valence-corrected chi connectivity index (χ2v) is 10.6. The van der Waals surface area contributed by atoms with Crippen LogP contribution in [-0.2, 0) is 26.2 Å². The number of hydrogen-bond donors (Lipinski definition) is 0. The van der Waals surface area contributed by atoms with Gasteiger partial charge in [-0.05, 0) is 0 Å². The molecule has 5 heteroatoms. The van der Waals surface area contributed by atoms with Crippen LogP contribution in [0.4, 0.5) is 0 Å². The van der Waals surface area contributed by atoms with Crippen molar-refractivity contribution in [3.8, 4) is 0 Å². The minimum absolute atomic E-state index is 0. The first kappa shape index (κ1) is 40.1. The standard InChI is InChI=1S/C12H11Si.C10H22N.C9H13.2ClH.Zr/c1-3-7-11(8-4-1)13-12-9-5-2-6-10-12;1-2-3-4-5-6-7-8-9-10-11;1-6-5-7(2)9(4)8(6)3;;;/h1-10,13H;11H,2-10H2,1H3;6H,1-4H3;2*1H;/q;2*-1;;;+4/p-2. The second-order valence-electron chi connectivity index (χ2n) is 8.99. The number of allylic oxidation sites excluding steroid dienone is 4. The molecule has 197 valence electrons. The summed E-state index contributed by atoms with van der Waals surface area (Å²) in [5, 5.41) is 2.90. The molecule has 1 aliphatic rings. The molecule has 0 saturated heterocycles. The molecule has 1 unspecified atom stereocenters. The van der Waals surface area contributed by atoms with Gasteiger partial charge in [-0.15, -0.1) is 6.92 Å². The van der Waals surface area contributed by atoms with E-state index in [9.17, 15) is 0 Å². The molecule has 2 aromatic rings. The SMILES string of the molecule is CC1=[C-]C(C)C(C)=C1C.CCCCCCCCCC[NH-].[Cl-].[Cl-].[Zr+4].c1ccc([SiH]c2ccccc2)cc1. The van der Waals surface area contributed by atoms with E-state index < -0.39 is 0 Å². The molecule has 0 aromatic heterocycles. The number of nitrogens with one attached hydrogen (secondary N) is 1. The molecule has 0 fully saturated rings. The van der Waals surface area contributed by atoms with Crippen LogP contribution in [0.5, 0.6) is 0 Å². The number of hydrogen-bond acceptors (Lipinski definition) is 0. The molecule has 0 amide bonds. The molecule has 1 atom stereocenters. The Bertz CT molecular complexity index is 764. The Kier molecular flexibility index (Phi) is 29.1. The zero-order chi connectivity index (χ0) is 24.3. The minimum Gasteiger partial charge on any atom is -1.00 e. The maximum absolute atomic E-state index is 6.95. The van der Waals surface area contributed by atoms with E-state index in [1.165, 1.54) is 72.0 Å². The van der Waals surface area contributed by atoms with E-state index in [0.29, 0.717) is 12.5 Å². The normalized spacial score (nSPS) is 13.5. The summed E-state index contributed by atoms with van der Waals surface area (Å²) in [6, 6.07) is 21.3. The fourth-order valence-corrected chi connectivity index (χ4v) is 4.93. The van der Waals surface area contributed by atoms with E-state index >= 15 is 0 Å². The van der Waals surface area contributed by atoms with Gasteiger partial charge in [-0.2, -0.15) is 17.7 Å². The quantitative estimate of drug-likeness (QED) is 0.220. The van der Waals surface area contributed by atoms with E-state index in [1.807, 2.05) is 0 Å². The predicted molar refractivity (Wildman–Crippen MR) is 151 cm³/mol. The molecule has 2 aromatic carbocycles. The van der Waals surface area contributed by atoms with Gasteiger partial charge in [-0.25, -0.2) is 5.57 Å². The van der Waals surface area contributed by atoms with Gasteiger partial charge in [0.05, 0.1) is 0 Å². The molecule has 1 nitrogen and oxygen atoms in total. The maximum Gasteiger partial charge on any atom is 4.00 e. The largest absolute Gasteiger partial charge is 4.00 e. The third kappa shape index (κ3) is 18.8. The van der Waals surface area contributed by atoms with Crippen molar-refractivity contribution in [2.24, 2.45) is 5.92 Å². The monoisotopic (exact) mass is 620 g/mol. The van der Waals surface area contributed by atoms with Gasteiger partial charge >= 0.3 is 26.2 Å². The van der Waals surface area contributed by atoms with Crippen molar-refractivity contribution < 1.29 is 51.0 Å². The summed E-state index contributed by atoms with van der Waals surface area (Å²) in [5.41, 5.74) is 11.2. The molecular formula is C31H46Cl2NSiZr. The van der Waals surface area contributed by atoms with Gasteiger partial charge in [0.1, 0.15) is 9.52 Å². The number of benzene rings is 2. The van der Waals surface area contributed by atoms with Crippen molar-refractivity contribution in [3.05, 3.63) is 89.2 Å². The van der Waals surface area contributed by atoms with Gasteiger partial charge in [0, 0.05) is 0 Å². The molecule has 0 aliphatic heterocycles. The summed E-state index contributed by atoms with van der Waals surface area (Å²) in [7, 11) is 0.271. The predicted octanol–water partition coefficient (Wildman–Crippen LogP) is 1.98. The molecular weight excluding hydrogens is 577 g/mol. The van der Waals surface area contributed by atoms with Crippen LogP contribution >= 0.6 is 0 Å². The Labute approximate surface area is 257 Å². The topological polar surface area (TPSA) is 23.8 Å². The second kappa shape index (κ2) is 26.2. The van der Waals surface area contributed by atoms with Crippen molar-refractivity contribution >= 4 is 19.9 Å². The van der Waals surface area contributed by atoms with Crippen LogP contribution in [0.3, 0.4) is 0 Å². The van der Waals surface area contributed by atoms with Crippen molar-refractivity contribution in [2.75, 3.05) is 6.54 Å². The summed E-state index contributed by atoms with van der Waals surface area (Å²) < 4.78 is 0. The van der Waals surface area contributed by atoms with Gasteiger partial charge in [0.2, 0.25) is 0 Å². The summed E-state index contributed by atoms with van der Waals surface area (Å²) in [6.07, 6.45) is 14.0. The van der Waals surface area contributed by atoms with Crippen molar-refractivity contribution in [1.82, 2.24) is 0 Å². The van der Waals surface area contributed by atoms with Crippen LogP contribution in [0.25, 0.3) is 5.73 Å². The van der Waals surface area contributed by atoms with Gasteiger partial charge in [-0.3, -0.25) is 6.08 Å².